The number of anilines is 1. The second-order valence-corrected chi connectivity index (χ2v) is 5.32. The predicted octanol–water partition coefficient (Wildman–Crippen LogP) is 2.20. The number of hydrogen-bond donors (Lipinski definition) is 1. The van der Waals surface area contributed by atoms with Gasteiger partial charge in [0.05, 0.1) is 4.92 Å². The zero-order valence-electron chi connectivity index (χ0n) is 13.3. The third-order valence-electron chi connectivity index (χ3n) is 3.46. The van der Waals surface area contributed by atoms with Gasteiger partial charge in [0.15, 0.2) is 0 Å². The van der Waals surface area contributed by atoms with Gasteiger partial charge in [-0.2, -0.15) is 4.80 Å². The fraction of sp³-hybridized carbons (Fsp3) is 0.125. The molecule has 0 aliphatic carbocycles. The Labute approximate surface area is 142 Å². The molecule has 1 aromatic heterocycles. The van der Waals surface area contributed by atoms with Gasteiger partial charge >= 0.3 is 0 Å². The van der Waals surface area contributed by atoms with E-state index in [1.807, 2.05) is 30.3 Å². The third kappa shape index (κ3) is 3.83. The van der Waals surface area contributed by atoms with E-state index in [9.17, 15) is 14.9 Å². The molecule has 0 saturated heterocycles. The maximum absolute atomic E-state index is 12.1. The molecule has 0 bridgehead atoms. The minimum absolute atomic E-state index is 0.0527. The van der Waals surface area contributed by atoms with E-state index in [0.717, 1.165) is 5.56 Å². The zero-order valence-corrected chi connectivity index (χ0v) is 13.3. The number of tetrazole rings is 1. The molecule has 126 valence electrons. The molecular formula is C16H14N6O3. The van der Waals surface area contributed by atoms with Crippen molar-refractivity contribution >= 4 is 17.3 Å². The van der Waals surface area contributed by atoms with Crippen LogP contribution in [0.2, 0.25) is 0 Å². The topological polar surface area (TPSA) is 116 Å². The maximum Gasteiger partial charge on any atom is 0.274 e. The van der Waals surface area contributed by atoms with Crippen LogP contribution in [0.4, 0.5) is 11.4 Å². The first-order valence-corrected chi connectivity index (χ1v) is 7.41. The molecule has 0 aliphatic rings. The van der Waals surface area contributed by atoms with E-state index >= 15 is 0 Å². The molecule has 0 saturated carbocycles. The molecule has 9 heteroatoms. The van der Waals surface area contributed by atoms with Crippen molar-refractivity contribution in [2.75, 3.05) is 5.32 Å². The molecule has 1 heterocycles. The van der Waals surface area contributed by atoms with E-state index in [2.05, 4.69) is 20.7 Å². The fourth-order valence-corrected chi connectivity index (χ4v) is 2.23. The molecule has 1 N–H and O–H groups in total. The molecular weight excluding hydrogens is 324 g/mol. The van der Waals surface area contributed by atoms with E-state index in [1.165, 1.54) is 10.9 Å². The van der Waals surface area contributed by atoms with Gasteiger partial charge in [0.25, 0.3) is 5.69 Å². The summed E-state index contributed by atoms with van der Waals surface area (Å²) in [6.45, 7) is 1.48. The summed E-state index contributed by atoms with van der Waals surface area (Å²) >= 11 is 0. The van der Waals surface area contributed by atoms with Gasteiger partial charge in [-0.3, -0.25) is 14.9 Å². The lowest BCUT2D eigenvalue weighted by atomic mass is 10.2. The summed E-state index contributed by atoms with van der Waals surface area (Å²) in [6, 6.07) is 13.8. The number of aryl methyl sites for hydroxylation is 1. The Bertz CT molecular complexity index is 923. The highest BCUT2D eigenvalue weighted by Crippen LogP contribution is 2.22. The predicted molar refractivity (Wildman–Crippen MR) is 89.7 cm³/mol. The molecule has 1 amide bonds. The normalized spacial score (nSPS) is 10.4. The van der Waals surface area contributed by atoms with Gasteiger partial charge < -0.3 is 5.32 Å². The number of carbonyl (C=O) groups is 1. The standard InChI is InChI=1S/C16H14N6O3/c1-11-7-8-13(9-14(11)22(24)25)17-15(23)10-21-19-16(18-20-21)12-5-3-2-4-6-12/h2-9H,10H2,1H3,(H,17,23). The first-order chi connectivity index (χ1) is 12.0. The first kappa shape index (κ1) is 16.2. The second kappa shape index (κ2) is 6.87. The molecule has 0 unspecified atom stereocenters. The van der Waals surface area contributed by atoms with Crippen molar-refractivity contribution in [3.8, 4) is 11.4 Å². The van der Waals surface area contributed by atoms with Gasteiger partial charge in [-0.1, -0.05) is 36.4 Å². The number of carbonyl (C=O) groups excluding carboxylic acids is 1. The van der Waals surface area contributed by atoms with Crippen LogP contribution in [0.1, 0.15) is 5.56 Å². The van der Waals surface area contributed by atoms with Gasteiger partial charge in [0.1, 0.15) is 6.54 Å². The third-order valence-corrected chi connectivity index (χ3v) is 3.46. The molecule has 9 nitrogen and oxygen atoms in total. The van der Waals surface area contributed by atoms with E-state index in [1.54, 1.807) is 19.1 Å². The smallest absolute Gasteiger partial charge is 0.274 e. The minimum atomic E-state index is -0.490. The number of hydrogen-bond acceptors (Lipinski definition) is 6. The summed E-state index contributed by atoms with van der Waals surface area (Å²) in [5.74, 6) is 0.00883. The van der Waals surface area contributed by atoms with Gasteiger partial charge in [-0.15, -0.1) is 10.2 Å². The van der Waals surface area contributed by atoms with Crippen molar-refractivity contribution in [1.82, 2.24) is 20.2 Å². The van der Waals surface area contributed by atoms with Crippen molar-refractivity contribution < 1.29 is 9.72 Å². The Morgan fingerprint density at radius 2 is 2.00 bits per heavy atom. The van der Waals surface area contributed by atoms with Gasteiger partial charge in [0, 0.05) is 22.9 Å². The Kier molecular flexibility index (Phi) is 4.46. The molecule has 0 radical (unpaired) electrons. The highest BCUT2D eigenvalue weighted by Gasteiger charge is 2.13. The Hall–Kier alpha value is -3.62. The van der Waals surface area contributed by atoms with Crippen LogP contribution in [0.3, 0.4) is 0 Å². The molecule has 25 heavy (non-hydrogen) atoms. The highest BCUT2D eigenvalue weighted by atomic mass is 16.6. The highest BCUT2D eigenvalue weighted by molar-refractivity contribution is 5.90. The fourth-order valence-electron chi connectivity index (χ4n) is 2.23. The largest absolute Gasteiger partial charge is 0.324 e. The molecule has 0 aliphatic heterocycles. The summed E-state index contributed by atoms with van der Waals surface area (Å²) in [7, 11) is 0. The van der Waals surface area contributed by atoms with Crippen LogP contribution in [-0.2, 0) is 11.3 Å². The number of benzene rings is 2. The molecule has 0 atom stereocenters. The zero-order chi connectivity index (χ0) is 17.8. The van der Waals surface area contributed by atoms with Crippen molar-refractivity contribution in [2.24, 2.45) is 0 Å². The average molecular weight is 338 g/mol. The minimum Gasteiger partial charge on any atom is -0.324 e. The molecule has 3 rings (SSSR count). The number of nitrogens with one attached hydrogen (secondary N) is 1. The van der Waals surface area contributed by atoms with Crippen LogP contribution in [0.25, 0.3) is 11.4 Å². The number of nitro benzene ring substituents is 1. The summed E-state index contributed by atoms with van der Waals surface area (Å²) in [4.78, 5) is 23.7. The van der Waals surface area contributed by atoms with Crippen molar-refractivity contribution in [3.05, 3.63) is 64.2 Å². The van der Waals surface area contributed by atoms with Crippen LogP contribution in [0, 0.1) is 17.0 Å². The van der Waals surface area contributed by atoms with Crippen molar-refractivity contribution in [1.29, 1.82) is 0 Å². The summed E-state index contributed by atoms with van der Waals surface area (Å²) in [5, 5.41) is 25.4. The molecule has 3 aromatic rings. The Morgan fingerprint density at radius 3 is 2.72 bits per heavy atom. The second-order valence-electron chi connectivity index (χ2n) is 5.32. The van der Waals surface area contributed by atoms with E-state index < -0.39 is 10.8 Å². The first-order valence-electron chi connectivity index (χ1n) is 7.41. The average Bonchev–Trinajstić information content (AvgIpc) is 3.05. The van der Waals surface area contributed by atoms with Crippen LogP contribution < -0.4 is 5.32 Å². The summed E-state index contributed by atoms with van der Waals surface area (Å²) < 4.78 is 0. The van der Waals surface area contributed by atoms with E-state index in [4.69, 9.17) is 0 Å². The Morgan fingerprint density at radius 1 is 1.24 bits per heavy atom. The number of nitrogens with zero attached hydrogens (tertiary/aromatic N) is 5. The van der Waals surface area contributed by atoms with Crippen LogP contribution in [0.5, 0.6) is 0 Å². The SMILES string of the molecule is Cc1ccc(NC(=O)Cn2nnc(-c3ccccc3)n2)cc1[N+](=O)[O-]. The van der Waals surface area contributed by atoms with E-state index in [0.29, 0.717) is 17.1 Å². The quantitative estimate of drug-likeness (QED) is 0.563. The Balaban J connectivity index is 1.68. The van der Waals surface area contributed by atoms with Crippen LogP contribution >= 0.6 is 0 Å². The maximum atomic E-state index is 12.1. The molecule has 0 fully saturated rings. The van der Waals surface area contributed by atoms with Gasteiger partial charge in [-0.05, 0) is 18.2 Å². The molecule has 0 spiro atoms. The lowest BCUT2D eigenvalue weighted by Gasteiger charge is -2.05. The lowest BCUT2D eigenvalue weighted by Crippen LogP contribution is -2.20. The van der Waals surface area contributed by atoms with Crippen LogP contribution in [0.15, 0.2) is 48.5 Å². The number of aromatic nitrogens is 4. The van der Waals surface area contributed by atoms with Crippen LogP contribution in [-0.4, -0.2) is 31.0 Å². The molecule has 2 aromatic carbocycles. The number of rotatable bonds is 5. The van der Waals surface area contributed by atoms with Crippen molar-refractivity contribution in [3.63, 3.8) is 0 Å². The van der Waals surface area contributed by atoms with E-state index in [-0.39, 0.29) is 12.2 Å². The lowest BCUT2D eigenvalue weighted by molar-refractivity contribution is -0.385. The van der Waals surface area contributed by atoms with Crippen molar-refractivity contribution in [2.45, 2.75) is 13.5 Å². The summed E-state index contributed by atoms with van der Waals surface area (Å²) in [5.41, 5.74) is 1.60. The number of nitro groups is 1. The van der Waals surface area contributed by atoms with Gasteiger partial charge in [-0.25, -0.2) is 0 Å². The van der Waals surface area contributed by atoms with Gasteiger partial charge in [0.2, 0.25) is 11.7 Å². The number of amides is 1. The summed E-state index contributed by atoms with van der Waals surface area (Å²) in [6.07, 6.45) is 0. The monoisotopic (exact) mass is 338 g/mol.